The number of hydrogen-bond acceptors (Lipinski definition) is 22. The van der Waals surface area contributed by atoms with Gasteiger partial charge in [-0.1, -0.05) is 76.2 Å². The van der Waals surface area contributed by atoms with Crippen LogP contribution in [0, 0.1) is 34.6 Å². The Morgan fingerprint density at radius 2 is 0.701 bits per heavy atom. The maximum atomic E-state index is 12.2. The van der Waals surface area contributed by atoms with Crippen molar-refractivity contribution in [1.82, 2.24) is 87.6 Å². The Morgan fingerprint density at radius 3 is 1.09 bits per heavy atom. The van der Waals surface area contributed by atoms with Crippen LogP contribution in [0.15, 0.2) is 71.5 Å². The highest BCUT2D eigenvalue weighted by molar-refractivity contribution is 7.19. The lowest BCUT2D eigenvalue weighted by molar-refractivity contribution is 0.531. The van der Waals surface area contributed by atoms with Crippen LogP contribution >= 0.6 is 45.5 Å². The Morgan fingerprint density at radius 1 is 0.350 bits per heavy atom. The minimum absolute atomic E-state index is 0.130. The third kappa shape index (κ3) is 16.0. The maximum absolute atomic E-state index is 12.2. The molecule has 14 heterocycles. The van der Waals surface area contributed by atoms with E-state index >= 15 is 0 Å². The van der Waals surface area contributed by atoms with Gasteiger partial charge in [0.05, 0.1) is 32.9 Å². The van der Waals surface area contributed by atoms with Gasteiger partial charge in [-0.2, -0.15) is 9.47 Å². The summed E-state index contributed by atoms with van der Waals surface area (Å²) < 4.78 is 31.7. The molecule has 14 rings (SSSR count). The van der Waals surface area contributed by atoms with Gasteiger partial charge in [0.25, 0.3) is 38.9 Å². The molecular formula is C79H107N19O15S4. The summed E-state index contributed by atoms with van der Waals surface area (Å²) in [4.78, 5) is 178. The molecule has 0 N–H and O–H groups in total. The maximum Gasteiger partial charge on any atom is 0.333 e. The van der Waals surface area contributed by atoms with E-state index in [1.807, 2.05) is 94.6 Å². The minimum Gasteiger partial charge on any atom is -0.444 e. The highest BCUT2D eigenvalue weighted by Crippen LogP contribution is 2.35. The van der Waals surface area contributed by atoms with Crippen LogP contribution < -0.4 is 78.7 Å². The van der Waals surface area contributed by atoms with E-state index in [0.29, 0.717) is 65.4 Å². The van der Waals surface area contributed by atoms with Crippen molar-refractivity contribution in [3.8, 4) is 0 Å². The fourth-order valence-electron chi connectivity index (χ4n) is 14.7. The van der Waals surface area contributed by atoms with Gasteiger partial charge in [-0.3, -0.25) is 102 Å². The van der Waals surface area contributed by atoms with Crippen LogP contribution in [0.4, 0.5) is 0 Å². The van der Waals surface area contributed by atoms with Gasteiger partial charge in [-0.15, -0.1) is 34.0 Å². The average Bonchev–Trinajstić information content (AvgIpc) is 1.59. The highest BCUT2D eigenvalue weighted by atomic mass is 32.1. The molecule has 0 radical (unpaired) electrons. The molecule has 0 bridgehead atoms. The van der Waals surface area contributed by atoms with Gasteiger partial charge in [0.2, 0.25) is 5.71 Å². The predicted octanol–water partition coefficient (Wildman–Crippen LogP) is 7.13. The quantitative estimate of drug-likeness (QED) is 0.153. The van der Waals surface area contributed by atoms with Crippen molar-refractivity contribution < 1.29 is 4.42 Å². The molecule has 0 saturated heterocycles. The Kier molecular flexibility index (Phi) is 27.1. The molecule has 0 atom stereocenters. The number of rotatable bonds is 7. The number of nitrogens with zero attached hydrogens (tertiary/aromatic N) is 19. The molecule has 632 valence electrons. The van der Waals surface area contributed by atoms with Gasteiger partial charge in [-0.25, -0.2) is 38.5 Å². The summed E-state index contributed by atoms with van der Waals surface area (Å²) >= 11 is 5.78. The molecule has 38 heteroatoms. The van der Waals surface area contributed by atoms with Crippen molar-refractivity contribution in [1.29, 1.82) is 0 Å². The van der Waals surface area contributed by atoms with Gasteiger partial charge in [0.15, 0.2) is 16.8 Å². The van der Waals surface area contributed by atoms with E-state index in [0.717, 1.165) is 88.4 Å². The zero-order valence-electron chi connectivity index (χ0n) is 72.9. The van der Waals surface area contributed by atoms with E-state index < -0.39 is 0 Å². The van der Waals surface area contributed by atoms with Crippen LogP contribution in [0.1, 0.15) is 185 Å². The Bertz CT molecular complexity index is 6550. The topological polar surface area (TPSA) is 370 Å². The molecule has 14 aromatic heterocycles. The van der Waals surface area contributed by atoms with E-state index in [1.165, 1.54) is 132 Å². The highest BCUT2D eigenvalue weighted by Gasteiger charge is 2.27. The fraction of sp³-hybridized carbons (Fsp3) is 0.506. The smallest absolute Gasteiger partial charge is 0.333 e. The zero-order valence-corrected chi connectivity index (χ0v) is 76.2. The minimum atomic E-state index is -0.369. The summed E-state index contributed by atoms with van der Waals surface area (Å²) in [6.07, 6.45) is 0.891. The number of hydrogen-bond donors (Lipinski definition) is 0. The largest absolute Gasteiger partial charge is 0.444 e. The molecule has 0 amide bonds. The van der Waals surface area contributed by atoms with Crippen molar-refractivity contribution in [3.05, 3.63) is 206 Å². The second-order valence-corrected chi connectivity index (χ2v) is 35.1. The van der Waals surface area contributed by atoms with Crippen LogP contribution in [0.25, 0.3) is 74.2 Å². The molecule has 0 saturated carbocycles. The molecule has 0 aliphatic rings. The molecule has 0 spiro atoms. The summed E-state index contributed by atoms with van der Waals surface area (Å²) in [5.41, 5.74) is 3.57. The lowest BCUT2D eigenvalue weighted by atomic mass is 10.0. The molecule has 117 heavy (non-hydrogen) atoms. The first-order valence-electron chi connectivity index (χ1n) is 37.8. The van der Waals surface area contributed by atoms with Crippen LogP contribution in [0.2, 0.25) is 0 Å². The van der Waals surface area contributed by atoms with E-state index in [-0.39, 0.29) is 114 Å². The molecule has 34 nitrogen and oxygen atoms in total. The Balaban J connectivity index is 0.000000170. The second kappa shape index (κ2) is 34.7. The van der Waals surface area contributed by atoms with Crippen molar-refractivity contribution >= 4 is 120 Å². The lowest BCUT2D eigenvalue weighted by Crippen LogP contribution is -2.37. The summed E-state index contributed by atoms with van der Waals surface area (Å²) in [5, 5.41) is 7.98. The summed E-state index contributed by atoms with van der Waals surface area (Å²) in [5.74, 6) is 2.56. The fourth-order valence-corrected chi connectivity index (χ4v) is 19.4. The summed E-state index contributed by atoms with van der Waals surface area (Å²) in [6.45, 7) is 35.9. The van der Waals surface area contributed by atoms with Crippen molar-refractivity contribution in [2.45, 2.75) is 167 Å². The van der Waals surface area contributed by atoms with E-state index in [1.54, 1.807) is 74.8 Å². The van der Waals surface area contributed by atoms with Crippen LogP contribution in [-0.2, 0) is 112 Å². The van der Waals surface area contributed by atoms with Gasteiger partial charge in [-0.05, 0) is 113 Å². The number of aryl methyl sites for hydroxylation is 14. The second-order valence-electron chi connectivity index (χ2n) is 30.9. The van der Waals surface area contributed by atoms with Crippen LogP contribution in [0.3, 0.4) is 0 Å². The standard InChI is InChI=1S/C12H16N2O3.2C12H16N2O2S.2C11H16N4O2.C11H14N2O2S.C10H13N3O2S/c3*1-6(2)8-7(3)17-11-9(8)10(15)13(4)12(16)14(11)5;1-6(2)8-7-9(12-15(8)5)13(3)11(17)14(4)10(7)16;1-6(2)15-7(3)12-9-8(15)10(16)14(5)11(17)13(9)4;1-5-7-6(2)8-9(14)12(3)11(15)13(4)10(8)16-7;1-5(2)7-6-8(14)12(3)10(15)13(4)9(6)16-11-7/h5*6H,1-5H3;5H2,1-4H3;5H,1-4H3. The molecule has 14 aromatic rings. The monoisotopic (exact) mass is 1690 g/mol. The van der Waals surface area contributed by atoms with Crippen molar-refractivity contribution in [2.24, 2.45) is 106 Å². The molecule has 0 unspecified atom stereocenters. The number of fused-ring (bicyclic) bond motifs is 7. The predicted molar refractivity (Wildman–Crippen MR) is 469 cm³/mol. The van der Waals surface area contributed by atoms with E-state index in [9.17, 15) is 67.1 Å². The number of aromatic nitrogens is 19. The molecule has 0 fully saturated rings. The lowest BCUT2D eigenvalue weighted by Gasteiger charge is -2.10. The normalized spacial score (nSPS) is 11.6. The molecule has 0 aromatic carbocycles. The van der Waals surface area contributed by atoms with Crippen LogP contribution in [-0.4, -0.2) is 87.6 Å². The van der Waals surface area contributed by atoms with E-state index in [4.69, 9.17) is 4.42 Å². The summed E-state index contributed by atoms with van der Waals surface area (Å²) in [7, 11) is 24.0. The van der Waals surface area contributed by atoms with Crippen LogP contribution in [0.5, 0.6) is 0 Å². The first kappa shape index (κ1) is 91.5. The van der Waals surface area contributed by atoms with Gasteiger partial charge in [0.1, 0.15) is 41.7 Å². The molecular weight excluding hydrogens is 1580 g/mol. The van der Waals surface area contributed by atoms with Crippen molar-refractivity contribution in [3.63, 3.8) is 0 Å². The number of furan rings is 1. The average molecular weight is 1690 g/mol. The Labute approximate surface area is 685 Å². The molecule has 0 aliphatic carbocycles. The summed E-state index contributed by atoms with van der Waals surface area (Å²) in [6, 6.07) is 0.130. The third-order valence-corrected chi connectivity index (χ3v) is 25.7. The SMILES string of the molecule is CC(C)c1c2c(=O)n(C)c(=O)n(C)c2nn1C.CC(C)c1nsc2c1c(=O)n(C)c(=O)n2C.CCc1sc2c(c1C)c(=O)n(C)c(=O)n2C.Cc1nc2c(c(=O)n(C)c(=O)n2C)n1C(C)C.Cc1oc2c(c1C(C)C)c(=O)n(C)c(=O)n2C.Cc1sc2c(c1C(C)C)c(=O)n(C)c(=O)n2C.Cc1sc2c(c1C(C)C)c(=O)n(C)c(=O)n2C. The first-order valence-corrected chi connectivity index (χ1v) is 41.0. The van der Waals surface area contributed by atoms with Crippen molar-refractivity contribution in [2.75, 3.05) is 0 Å². The van der Waals surface area contributed by atoms with Gasteiger partial charge < -0.3 is 8.98 Å². The molecule has 0 aliphatic heterocycles. The van der Waals surface area contributed by atoms with Gasteiger partial charge >= 0.3 is 39.8 Å². The third-order valence-electron chi connectivity index (χ3n) is 20.9. The van der Waals surface area contributed by atoms with Gasteiger partial charge in [0, 0.05) is 132 Å². The number of thiophene rings is 3. The van der Waals surface area contributed by atoms with E-state index in [2.05, 4.69) is 49.1 Å². The number of imidazole rings is 1. The Hall–Kier alpha value is -11.0. The zero-order chi connectivity index (χ0) is 88.6. The first-order chi connectivity index (χ1) is 54.2.